The predicted molar refractivity (Wildman–Crippen MR) is 152 cm³/mol. The van der Waals surface area contributed by atoms with E-state index in [-0.39, 0.29) is 17.9 Å². The van der Waals surface area contributed by atoms with Crippen molar-refractivity contribution in [3.05, 3.63) is 73.3 Å². The minimum absolute atomic E-state index is 0.0198. The van der Waals surface area contributed by atoms with Gasteiger partial charge < -0.3 is 20.5 Å². The third-order valence-corrected chi connectivity index (χ3v) is 6.82. The fraction of sp³-hybridized carbons (Fsp3) is 0.267. The van der Waals surface area contributed by atoms with Crippen molar-refractivity contribution < 1.29 is 4.79 Å². The highest BCUT2D eigenvalue weighted by atomic mass is 16.2. The largest absolute Gasteiger partial charge is 0.383 e. The highest BCUT2D eigenvalue weighted by Crippen LogP contribution is 2.38. The summed E-state index contributed by atoms with van der Waals surface area (Å²) in [7, 11) is 0. The van der Waals surface area contributed by atoms with Gasteiger partial charge in [0.2, 0.25) is 5.91 Å². The highest BCUT2D eigenvalue weighted by molar-refractivity contribution is 6.03. The Balaban J connectivity index is 1.55. The Hall–Kier alpha value is -4.64. The predicted octanol–water partition coefficient (Wildman–Crippen LogP) is 5.18. The first kappa shape index (κ1) is 25.0. The molecular weight excluding hydrogens is 474 g/mol. The number of carbonyl (C=O) groups excluding carboxylic acids is 1. The van der Waals surface area contributed by atoms with Crippen molar-refractivity contribution in [2.75, 3.05) is 24.1 Å². The quantitative estimate of drug-likeness (QED) is 0.286. The first-order valence-electron chi connectivity index (χ1n) is 12.8. The zero-order valence-electron chi connectivity index (χ0n) is 21.7. The van der Waals surface area contributed by atoms with Crippen molar-refractivity contribution in [3.63, 3.8) is 0 Å². The maximum atomic E-state index is 12.0. The Labute approximate surface area is 222 Å². The van der Waals surface area contributed by atoms with Crippen molar-refractivity contribution in [2.24, 2.45) is 5.92 Å². The number of anilines is 3. The number of nitrogens with two attached hydrogens (primary N) is 1. The molecule has 1 amide bonds. The van der Waals surface area contributed by atoms with Crippen LogP contribution >= 0.6 is 0 Å². The molecule has 1 fully saturated rings. The summed E-state index contributed by atoms with van der Waals surface area (Å²) in [6.07, 6.45) is 6.30. The SMILES string of the molecule is C=CC(=O)N1CCC(C#Cc2c(-c3ccc(Nc4ccccn4)cc3)c3c(N)ncnc3n2C(C)C)CC1. The van der Waals surface area contributed by atoms with Crippen molar-refractivity contribution in [1.29, 1.82) is 0 Å². The zero-order chi connectivity index (χ0) is 26.6. The second kappa shape index (κ2) is 10.8. The van der Waals surface area contributed by atoms with Crippen molar-refractivity contribution in [3.8, 4) is 23.0 Å². The average Bonchev–Trinajstić information content (AvgIpc) is 3.28. The van der Waals surface area contributed by atoms with Crippen LogP contribution in [0.1, 0.15) is 38.4 Å². The summed E-state index contributed by atoms with van der Waals surface area (Å²) in [5, 5.41) is 4.13. The number of nitrogens with one attached hydrogen (secondary N) is 1. The lowest BCUT2D eigenvalue weighted by Gasteiger charge is -2.28. The maximum absolute atomic E-state index is 12.0. The fourth-order valence-electron chi connectivity index (χ4n) is 4.91. The minimum Gasteiger partial charge on any atom is -0.383 e. The van der Waals surface area contributed by atoms with E-state index >= 15 is 0 Å². The van der Waals surface area contributed by atoms with Crippen LogP contribution in [0.2, 0.25) is 0 Å². The Kier molecular flexibility index (Phi) is 7.09. The molecule has 1 saturated heterocycles. The molecule has 5 rings (SSSR count). The number of carbonyl (C=O) groups is 1. The number of hydrogen-bond donors (Lipinski definition) is 2. The molecule has 3 aromatic heterocycles. The number of nitrogen functional groups attached to an aromatic ring is 1. The molecule has 0 spiro atoms. The van der Waals surface area contributed by atoms with E-state index in [9.17, 15) is 4.79 Å². The van der Waals surface area contributed by atoms with Gasteiger partial charge in [0.15, 0.2) is 0 Å². The van der Waals surface area contributed by atoms with E-state index in [1.807, 2.05) is 35.2 Å². The first-order valence-corrected chi connectivity index (χ1v) is 12.8. The molecule has 4 heterocycles. The molecule has 1 aromatic carbocycles. The number of benzene rings is 1. The van der Waals surface area contributed by atoms with E-state index in [2.05, 4.69) is 69.2 Å². The van der Waals surface area contributed by atoms with Crippen LogP contribution in [0, 0.1) is 17.8 Å². The standard InChI is InChI=1S/C30H31N7O/c1-4-26(38)36-17-14-21(15-18-36)8-13-24-27(28-29(31)33-19-34-30(28)37(24)20(2)3)22-9-11-23(12-10-22)35-25-7-5-6-16-32-25/h4-7,9-12,16,19-21H,1,14-15,17-18H2,2-3H3,(H,32,35)(H2,31,33,34). The van der Waals surface area contributed by atoms with Crippen LogP contribution in [0.4, 0.5) is 17.3 Å². The van der Waals surface area contributed by atoms with Crippen molar-refractivity contribution in [2.45, 2.75) is 32.7 Å². The molecule has 0 bridgehead atoms. The number of aromatic nitrogens is 4. The average molecular weight is 506 g/mol. The molecule has 8 nitrogen and oxygen atoms in total. The van der Waals surface area contributed by atoms with Crippen LogP contribution < -0.4 is 11.1 Å². The van der Waals surface area contributed by atoms with Gasteiger partial charge in [-0.25, -0.2) is 15.0 Å². The van der Waals surface area contributed by atoms with E-state index in [1.165, 1.54) is 12.4 Å². The number of amides is 1. The van der Waals surface area contributed by atoms with Gasteiger partial charge >= 0.3 is 0 Å². The van der Waals surface area contributed by atoms with E-state index in [4.69, 9.17) is 5.73 Å². The second-order valence-electron chi connectivity index (χ2n) is 9.64. The molecule has 1 aliphatic heterocycles. The van der Waals surface area contributed by atoms with Gasteiger partial charge in [-0.15, -0.1) is 0 Å². The van der Waals surface area contributed by atoms with Gasteiger partial charge in [0, 0.05) is 42.5 Å². The monoisotopic (exact) mass is 505 g/mol. The molecule has 1 aliphatic rings. The van der Waals surface area contributed by atoms with Crippen LogP contribution in [0.15, 0.2) is 67.6 Å². The van der Waals surface area contributed by atoms with Crippen LogP contribution in [0.3, 0.4) is 0 Å². The normalized spacial score (nSPS) is 13.8. The number of fused-ring (bicyclic) bond motifs is 1. The van der Waals surface area contributed by atoms with Gasteiger partial charge in [-0.1, -0.05) is 30.7 Å². The maximum Gasteiger partial charge on any atom is 0.245 e. The first-order chi connectivity index (χ1) is 18.5. The highest BCUT2D eigenvalue weighted by Gasteiger charge is 2.24. The van der Waals surface area contributed by atoms with Gasteiger partial charge in [0.25, 0.3) is 0 Å². The molecular formula is C30H31N7O. The third kappa shape index (κ3) is 4.96. The van der Waals surface area contributed by atoms with E-state index in [0.29, 0.717) is 18.9 Å². The fourth-order valence-corrected chi connectivity index (χ4v) is 4.91. The van der Waals surface area contributed by atoms with Gasteiger partial charge in [0.05, 0.1) is 5.39 Å². The van der Waals surface area contributed by atoms with Crippen LogP contribution in [0.5, 0.6) is 0 Å². The molecule has 3 N–H and O–H groups in total. The number of pyridine rings is 1. The number of piperidine rings is 1. The Morgan fingerprint density at radius 1 is 1.13 bits per heavy atom. The molecule has 0 unspecified atom stereocenters. The van der Waals surface area contributed by atoms with Crippen molar-refractivity contribution >= 4 is 34.3 Å². The number of rotatable bonds is 5. The molecule has 192 valence electrons. The minimum atomic E-state index is -0.0198. The smallest absolute Gasteiger partial charge is 0.245 e. The van der Waals surface area contributed by atoms with Crippen LogP contribution in [-0.4, -0.2) is 43.4 Å². The number of likely N-dealkylation sites (tertiary alicyclic amines) is 1. The van der Waals surface area contributed by atoms with E-state index in [1.54, 1.807) is 6.20 Å². The second-order valence-corrected chi connectivity index (χ2v) is 9.64. The summed E-state index contributed by atoms with van der Waals surface area (Å²) in [6.45, 7) is 9.21. The Bertz CT molecular complexity index is 1520. The summed E-state index contributed by atoms with van der Waals surface area (Å²) >= 11 is 0. The zero-order valence-corrected chi connectivity index (χ0v) is 21.7. The topological polar surface area (TPSA) is 102 Å². The van der Waals surface area contributed by atoms with Gasteiger partial charge in [0.1, 0.15) is 29.3 Å². The third-order valence-electron chi connectivity index (χ3n) is 6.82. The van der Waals surface area contributed by atoms with Gasteiger partial charge in [-0.3, -0.25) is 4.79 Å². The van der Waals surface area contributed by atoms with Gasteiger partial charge in [-0.2, -0.15) is 0 Å². The summed E-state index contributed by atoms with van der Waals surface area (Å²) in [5.41, 5.74) is 10.9. The lowest BCUT2D eigenvalue weighted by Crippen LogP contribution is -2.37. The lowest BCUT2D eigenvalue weighted by atomic mass is 9.96. The Morgan fingerprint density at radius 3 is 2.55 bits per heavy atom. The number of nitrogens with zero attached hydrogens (tertiary/aromatic N) is 5. The van der Waals surface area contributed by atoms with Crippen LogP contribution in [0.25, 0.3) is 22.2 Å². The van der Waals surface area contributed by atoms with Crippen LogP contribution in [-0.2, 0) is 4.79 Å². The molecule has 0 aliphatic carbocycles. The summed E-state index contributed by atoms with van der Waals surface area (Å²) in [6, 6.07) is 14.0. The Morgan fingerprint density at radius 2 is 1.89 bits per heavy atom. The van der Waals surface area contributed by atoms with E-state index < -0.39 is 0 Å². The molecule has 4 aromatic rings. The lowest BCUT2D eigenvalue weighted by molar-refractivity contribution is -0.127. The molecule has 0 atom stereocenters. The molecule has 8 heteroatoms. The summed E-state index contributed by atoms with van der Waals surface area (Å²) < 4.78 is 2.14. The molecule has 38 heavy (non-hydrogen) atoms. The summed E-state index contributed by atoms with van der Waals surface area (Å²) in [4.78, 5) is 27.0. The summed E-state index contributed by atoms with van der Waals surface area (Å²) in [5.74, 6) is 8.39. The molecule has 0 saturated carbocycles. The molecule has 0 radical (unpaired) electrons. The van der Waals surface area contributed by atoms with Crippen molar-refractivity contribution in [1.82, 2.24) is 24.4 Å². The number of hydrogen-bond acceptors (Lipinski definition) is 6. The van der Waals surface area contributed by atoms with E-state index in [0.717, 1.165) is 52.2 Å². The van der Waals surface area contributed by atoms with Gasteiger partial charge in [-0.05, 0) is 68.5 Å².